The van der Waals surface area contributed by atoms with Crippen LogP contribution >= 0.6 is 12.4 Å². The summed E-state index contributed by atoms with van der Waals surface area (Å²) in [6.07, 6.45) is 0.995. The van der Waals surface area contributed by atoms with E-state index in [0.29, 0.717) is 42.1 Å². The molecule has 0 spiro atoms. The van der Waals surface area contributed by atoms with Crippen LogP contribution in [0.25, 0.3) is 0 Å². The standard InChI is InChI=1S/C18H28N2O4S.ClH/c1-13(2)11-18(3,12-19)20-17(21)6-9-25(22)14-4-5-15-16(10-14)24-8-7-23-15;/h4-5,10,13H,6-9,11-12,19H2,1-3H3,(H,20,21);1H. The summed E-state index contributed by atoms with van der Waals surface area (Å²) in [5, 5.41) is 2.99. The summed E-state index contributed by atoms with van der Waals surface area (Å²) in [5.41, 5.74) is 5.39. The van der Waals surface area contributed by atoms with E-state index in [9.17, 15) is 9.00 Å². The van der Waals surface area contributed by atoms with E-state index in [1.807, 2.05) is 6.92 Å². The van der Waals surface area contributed by atoms with Crippen molar-refractivity contribution in [1.29, 1.82) is 0 Å². The molecular weight excluding hydrogens is 376 g/mol. The van der Waals surface area contributed by atoms with Gasteiger partial charge in [-0.2, -0.15) is 0 Å². The van der Waals surface area contributed by atoms with E-state index >= 15 is 0 Å². The van der Waals surface area contributed by atoms with Crippen molar-refractivity contribution in [3.63, 3.8) is 0 Å². The maximum Gasteiger partial charge on any atom is 0.221 e. The zero-order valence-electron chi connectivity index (χ0n) is 15.6. The first-order valence-corrected chi connectivity index (χ1v) is 9.94. The molecule has 1 aliphatic rings. The van der Waals surface area contributed by atoms with Gasteiger partial charge in [0.05, 0.1) is 10.8 Å². The van der Waals surface area contributed by atoms with Crippen LogP contribution in [0.2, 0.25) is 0 Å². The fraction of sp³-hybridized carbons (Fsp3) is 0.611. The van der Waals surface area contributed by atoms with E-state index in [4.69, 9.17) is 15.2 Å². The minimum Gasteiger partial charge on any atom is -0.486 e. The van der Waals surface area contributed by atoms with Crippen molar-refractivity contribution in [2.45, 2.75) is 44.0 Å². The molecular formula is C18H29ClN2O4S. The van der Waals surface area contributed by atoms with Gasteiger partial charge < -0.3 is 20.5 Å². The number of ether oxygens (including phenoxy) is 2. The van der Waals surface area contributed by atoms with Gasteiger partial charge in [-0.15, -0.1) is 12.4 Å². The molecule has 148 valence electrons. The highest BCUT2D eigenvalue weighted by Gasteiger charge is 2.26. The van der Waals surface area contributed by atoms with Crippen molar-refractivity contribution in [1.82, 2.24) is 5.32 Å². The molecule has 0 aliphatic carbocycles. The quantitative estimate of drug-likeness (QED) is 0.693. The van der Waals surface area contributed by atoms with E-state index in [0.717, 1.165) is 6.42 Å². The maximum absolute atomic E-state index is 12.5. The van der Waals surface area contributed by atoms with Crippen LogP contribution in [0.5, 0.6) is 11.5 Å². The number of amides is 1. The summed E-state index contributed by atoms with van der Waals surface area (Å²) < 4.78 is 23.4. The van der Waals surface area contributed by atoms with Crippen molar-refractivity contribution in [2.24, 2.45) is 11.7 Å². The first-order chi connectivity index (χ1) is 11.8. The van der Waals surface area contributed by atoms with Gasteiger partial charge in [-0.1, -0.05) is 13.8 Å². The van der Waals surface area contributed by atoms with Crippen molar-refractivity contribution < 1.29 is 18.5 Å². The molecule has 26 heavy (non-hydrogen) atoms. The molecule has 1 aromatic carbocycles. The number of benzene rings is 1. The van der Waals surface area contributed by atoms with Crippen LogP contribution in [0.3, 0.4) is 0 Å². The number of fused-ring (bicyclic) bond motifs is 1. The fourth-order valence-corrected chi connectivity index (χ4v) is 4.02. The van der Waals surface area contributed by atoms with Gasteiger partial charge >= 0.3 is 0 Å². The lowest BCUT2D eigenvalue weighted by Crippen LogP contribution is -2.52. The number of halogens is 1. The van der Waals surface area contributed by atoms with Gasteiger partial charge in [0.25, 0.3) is 0 Å². The molecule has 0 aromatic heterocycles. The largest absolute Gasteiger partial charge is 0.486 e. The second kappa shape index (κ2) is 10.1. The maximum atomic E-state index is 12.5. The molecule has 1 aromatic rings. The first-order valence-electron chi connectivity index (χ1n) is 8.62. The third kappa shape index (κ3) is 6.45. The third-order valence-electron chi connectivity index (χ3n) is 4.04. The van der Waals surface area contributed by atoms with E-state index in [1.165, 1.54) is 0 Å². The molecule has 0 fully saturated rings. The Kier molecular flexibility index (Phi) is 8.86. The topological polar surface area (TPSA) is 90.7 Å². The minimum absolute atomic E-state index is 0. The number of hydrogen-bond acceptors (Lipinski definition) is 5. The molecule has 2 atom stereocenters. The first kappa shape index (κ1) is 22.7. The van der Waals surface area contributed by atoms with Crippen LogP contribution in [0, 0.1) is 5.92 Å². The van der Waals surface area contributed by atoms with Gasteiger partial charge in [-0.3, -0.25) is 9.00 Å². The second-order valence-corrected chi connectivity index (χ2v) is 8.59. The van der Waals surface area contributed by atoms with E-state index in [1.54, 1.807) is 18.2 Å². The van der Waals surface area contributed by atoms with Crippen molar-refractivity contribution in [2.75, 3.05) is 25.5 Å². The molecule has 6 nitrogen and oxygen atoms in total. The Morgan fingerprint density at radius 2 is 1.96 bits per heavy atom. The Morgan fingerprint density at radius 1 is 1.31 bits per heavy atom. The third-order valence-corrected chi connectivity index (χ3v) is 5.40. The van der Waals surface area contributed by atoms with Gasteiger partial charge in [0, 0.05) is 35.2 Å². The zero-order chi connectivity index (χ0) is 18.4. The number of nitrogens with one attached hydrogen (secondary N) is 1. The smallest absolute Gasteiger partial charge is 0.221 e. The molecule has 3 N–H and O–H groups in total. The van der Waals surface area contributed by atoms with Crippen LogP contribution in [0.15, 0.2) is 23.1 Å². The normalized spacial score (nSPS) is 16.3. The van der Waals surface area contributed by atoms with Crippen molar-refractivity contribution in [3.8, 4) is 11.5 Å². The highest BCUT2D eigenvalue weighted by Crippen LogP contribution is 2.31. The number of rotatable bonds is 8. The van der Waals surface area contributed by atoms with Gasteiger partial charge in [0.1, 0.15) is 13.2 Å². The summed E-state index contributed by atoms with van der Waals surface area (Å²) in [6.45, 7) is 7.52. The summed E-state index contributed by atoms with van der Waals surface area (Å²) in [4.78, 5) is 12.9. The highest BCUT2D eigenvalue weighted by atomic mass is 35.5. The predicted octanol–water partition coefficient (Wildman–Crippen LogP) is 2.26. The van der Waals surface area contributed by atoms with Crippen molar-refractivity contribution >= 4 is 29.1 Å². The van der Waals surface area contributed by atoms with Gasteiger partial charge in [0.2, 0.25) is 5.91 Å². The van der Waals surface area contributed by atoms with Crippen molar-refractivity contribution in [3.05, 3.63) is 18.2 Å². The van der Waals surface area contributed by atoms with Crippen LogP contribution in [0.4, 0.5) is 0 Å². The fourth-order valence-electron chi connectivity index (χ4n) is 2.95. The van der Waals surface area contributed by atoms with Gasteiger partial charge in [-0.25, -0.2) is 0 Å². The van der Waals surface area contributed by atoms with E-state index < -0.39 is 16.3 Å². The molecule has 1 heterocycles. The SMILES string of the molecule is CC(C)CC(C)(CN)NC(=O)CCS(=O)c1ccc2c(c1)OCCO2.Cl. The Morgan fingerprint density at radius 3 is 2.58 bits per heavy atom. The second-order valence-electron chi connectivity index (χ2n) is 7.02. The van der Waals surface area contributed by atoms with Crippen LogP contribution in [-0.2, 0) is 15.6 Å². The molecule has 0 bridgehead atoms. The monoisotopic (exact) mass is 404 g/mol. The summed E-state index contributed by atoms with van der Waals surface area (Å²) in [5.74, 6) is 1.83. The molecule has 8 heteroatoms. The van der Waals surface area contributed by atoms with E-state index in [-0.39, 0.29) is 30.5 Å². The van der Waals surface area contributed by atoms with Crippen LogP contribution < -0.4 is 20.5 Å². The minimum atomic E-state index is -1.27. The number of carbonyl (C=O) groups excluding carboxylic acids is 1. The average Bonchev–Trinajstić information content (AvgIpc) is 2.58. The summed E-state index contributed by atoms with van der Waals surface area (Å²) in [6, 6.07) is 5.24. The molecule has 0 saturated carbocycles. The molecule has 1 amide bonds. The molecule has 1 aliphatic heterocycles. The highest BCUT2D eigenvalue weighted by molar-refractivity contribution is 7.85. The lowest BCUT2D eigenvalue weighted by atomic mass is 9.90. The Bertz CT molecular complexity index is 642. The zero-order valence-corrected chi connectivity index (χ0v) is 17.2. The molecule has 0 radical (unpaired) electrons. The molecule has 2 rings (SSSR count). The summed E-state index contributed by atoms with van der Waals surface area (Å²) in [7, 11) is -1.27. The lowest BCUT2D eigenvalue weighted by molar-refractivity contribution is -0.122. The van der Waals surface area contributed by atoms with Crippen LogP contribution in [0.1, 0.15) is 33.6 Å². The van der Waals surface area contributed by atoms with Gasteiger partial charge in [-0.05, 0) is 31.4 Å². The Hall–Kier alpha value is -1.31. The molecule has 0 saturated heterocycles. The summed E-state index contributed by atoms with van der Waals surface area (Å²) >= 11 is 0. The number of carbonyl (C=O) groups is 1. The predicted molar refractivity (Wildman–Crippen MR) is 106 cm³/mol. The lowest BCUT2D eigenvalue weighted by Gasteiger charge is -2.31. The Balaban J connectivity index is 0.00000338. The van der Waals surface area contributed by atoms with E-state index in [2.05, 4.69) is 19.2 Å². The van der Waals surface area contributed by atoms with Crippen LogP contribution in [-0.4, -0.2) is 41.2 Å². The number of nitrogens with two attached hydrogens (primary N) is 1. The molecule has 2 unspecified atom stereocenters. The Labute approximate surface area is 164 Å². The number of hydrogen-bond donors (Lipinski definition) is 2. The average molecular weight is 405 g/mol. The van der Waals surface area contributed by atoms with Gasteiger partial charge in [0.15, 0.2) is 11.5 Å².